The van der Waals surface area contributed by atoms with Gasteiger partial charge in [-0.1, -0.05) is 18.9 Å². The van der Waals surface area contributed by atoms with E-state index in [0.29, 0.717) is 18.8 Å². The Morgan fingerprint density at radius 1 is 1.42 bits per heavy atom. The summed E-state index contributed by atoms with van der Waals surface area (Å²) in [5, 5.41) is 9.14. The van der Waals surface area contributed by atoms with Crippen molar-refractivity contribution < 1.29 is 9.90 Å². The molecule has 5 heteroatoms. The second kappa shape index (κ2) is 6.63. The highest BCUT2D eigenvalue weighted by Gasteiger charge is 2.27. The van der Waals surface area contributed by atoms with Crippen molar-refractivity contribution in [1.82, 2.24) is 9.88 Å². The molecule has 1 aromatic rings. The zero-order valence-corrected chi connectivity index (χ0v) is 11.1. The first-order chi connectivity index (χ1) is 9.26. The number of carbonyl (C=O) groups is 1. The van der Waals surface area contributed by atoms with Crippen LogP contribution in [0.15, 0.2) is 18.3 Å². The fraction of sp³-hybridized carbons (Fsp3) is 0.571. The molecule has 5 nitrogen and oxygen atoms in total. The quantitative estimate of drug-likeness (QED) is 0.828. The molecule has 3 N–H and O–H groups in total. The van der Waals surface area contributed by atoms with E-state index in [1.165, 1.54) is 0 Å². The Morgan fingerprint density at radius 2 is 2.16 bits per heavy atom. The van der Waals surface area contributed by atoms with E-state index in [1.54, 1.807) is 17.2 Å². The van der Waals surface area contributed by atoms with Crippen LogP contribution in [-0.2, 0) is 6.54 Å². The fourth-order valence-electron chi connectivity index (χ4n) is 2.59. The van der Waals surface area contributed by atoms with Crippen LogP contribution in [0, 0.1) is 0 Å². The molecule has 0 saturated heterocycles. The maximum atomic E-state index is 12.4. The van der Waals surface area contributed by atoms with Gasteiger partial charge in [-0.15, -0.1) is 0 Å². The van der Waals surface area contributed by atoms with Gasteiger partial charge in [0.1, 0.15) is 5.69 Å². The van der Waals surface area contributed by atoms with Crippen LogP contribution in [0.25, 0.3) is 0 Å². The normalized spacial score (nSPS) is 15.7. The Kier molecular flexibility index (Phi) is 4.87. The van der Waals surface area contributed by atoms with Gasteiger partial charge in [-0.2, -0.15) is 0 Å². The Labute approximate surface area is 113 Å². The zero-order valence-electron chi connectivity index (χ0n) is 11.1. The third kappa shape index (κ3) is 3.30. The summed E-state index contributed by atoms with van der Waals surface area (Å²) in [6, 6.07) is 3.78. The van der Waals surface area contributed by atoms with E-state index in [4.69, 9.17) is 10.8 Å². The number of nitrogens with zero attached hydrogens (tertiary/aromatic N) is 2. The van der Waals surface area contributed by atoms with E-state index in [0.717, 1.165) is 31.2 Å². The molecular weight excluding hydrogens is 242 g/mol. The summed E-state index contributed by atoms with van der Waals surface area (Å²) in [5.41, 5.74) is 6.85. The summed E-state index contributed by atoms with van der Waals surface area (Å²) in [4.78, 5) is 18.4. The summed E-state index contributed by atoms with van der Waals surface area (Å²) in [6.45, 7) is 0.789. The van der Waals surface area contributed by atoms with Crippen molar-refractivity contribution in [2.24, 2.45) is 5.73 Å². The largest absolute Gasteiger partial charge is 0.395 e. The van der Waals surface area contributed by atoms with E-state index in [9.17, 15) is 4.79 Å². The molecule has 1 aromatic heterocycles. The number of hydrogen-bond donors (Lipinski definition) is 2. The van der Waals surface area contributed by atoms with Gasteiger partial charge in [0, 0.05) is 25.3 Å². The minimum absolute atomic E-state index is 0.0108. The van der Waals surface area contributed by atoms with Crippen molar-refractivity contribution in [2.75, 3.05) is 13.2 Å². The van der Waals surface area contributed by atoms with Crippen LogP contribution < -0.4 is 5.73 Å². The number of hydrogen-bond acceptors (Lipinski definition) is 4. The molecule has 1 fully saturated rings. The molecule has 1 heterocycles. The number of nitrogens with two attached hydrogens (primary N) is 1. The molecule has 19 heavy (non-hydrogen) atoms. The summed E-state index contributed by atoms with van der Waals surface area (Å²) >= 11 is 0. The lowest BCUT2D eigenvalue weighted by Gasteiger charge is -2.28. The molecular formula is C14H21N3O2. The molecule has 0 aliphatic heterocycles. The van der Waals surface area contributed by atoms with Crippen molar-refractivity contribution in [1.29, 1.82) is 0 Å². The average Bonchev–Trinajstić information content (AvgIpc) is 2.98. The highest BCUT2D eigenvalue weighted by molar-refractivity contribution is 5.92. The molecule has 2 rings (SSSR count). The highest BCUT2D eigenvalue weighted by Crippen LogP contribution is 2.24. The molecule has 1 amide bonds. The second-order valence-electron chi connectivity index (χ2n) is 4.92. The number of amides is 1. The van der Waals surface area contributed by atoms with Crippen LogP contribution in [0.1, 0.15) is 41.7 Å². The summed E-state index contributed by atoms with van der Waals surface area (Å²) < 4.78 is 0. The summed E-state index contributed by atoms with van der Waals surface area (Å²) in [7, 11) is 0. The number of aromatic nitrogens is 1. The number of pyridine rings is 1. The van der Waals surface area contributed by atoms with Gasteiger partial charge >= 0.3 is 0 Å². The number of aliphatic hydroxyl groups is 1. The number of rotatable bonds is 5. The third-order valence-electron chi connectivity index (χ3n) is 3.65. The van der Waals surface area contributed by atoms with E-state index in [-0.39, 0.29) is 18.6 Å². The van der Waals surface area contributed by atoms with Crippen molar-refractivity contribution >= 4 is 5.91 Å². The van der Waals surface area contributed by atoms with Gasteiger partial charge in [0.25, 0.3) is 5.91 Å². The molecule has 1 aliphatic rings. The predicted molar refractivity (Wildman–Crippen MR) is 72.5 cm³/mol. The molecule has 104 valence electrons. The first-order valence-electron chi connectivity index (χ1n) is 6.83. The molecule has 1 saturated carbocycles. The standard InChI is InChI=1S/C14H21N3O2/c15-9-11-5-6-13(16-10-11)14(19)17(7-8-18)12-3-1-2-4-12/h5-6,10,12,18H,1-4,7-9,15H2. The van der Waals surface area contributed by atoms with Gasteiger partial charge in [0.2, 0.25) is 0 Å². The first-order valence-corrected chi connectivity index (χ1v) is 6.83. The van der Waals surface area contributed by atoms with Gasteiger partial charge in [0.05, 0.1) is 6.61 Å². The van der Waals surface area contributed by atoms with Crippen molar-refractivity contribution in [2.45, 2.75) is 38.3 Å². The fourth-order valence-corrected chi connectivity index (χ4v) is 2.59. The molecule has 0 atom stereocenters. The monoisotopic (exact) mass is 263 g/mol. The van der Waals surface area contributed by atoms with Gasteiger partial charge in [-0.25, -0.2) is 0 Å². The van der Waals surface area contributed by atoms with Crippen LogP contribution in [-0.4, -0.2) is 40.1 Å². The van der Waals surface area contributed by atoms with Gasteiger partial charge in [0.15, 0.2) is 0 Å². The van der Waals surface area contributed by atoms with Crippen LogP contribution in [0.2, 0.25) is 0 Å². The lowest BCUT2D eigenvalue weighted by molar-refractivity contribution is 0.0632. The summed E-state index contributed by atoms with van der Waals surface area (Å²) in [5.74, 6) is -0.0930. The Balaban J connectivity index is 2.12. The SMILES string of the molecule is NCc1ccc(C(=O)N(CCO)C2CCCC2)nc1. The first kappa shape index (κ1) is 14.0. The van der Waals surface area contributed by atoms with Gasteiger partial charge in [-0.05, 0) is 24.5 Å². The maximum Gasteiger partial charge on any atom is 0.272 e. The molecule has 0 bridgehead atoms. The highest BCUT2D eigenvalue weighted by atomic mass is 16.3. The van der Waals surface area contributed by atoms with Crippen molar-refractivity contribution in [3.05, 3.63) is 29.6 Å². The van der Waals surface area contributed by atoms with Crippen LogP contribution >= 0.6 is 0 Å². The Bertz CT molecular complexity index is 413. The maximum absolute atomic E-state index is 12.4. The van der Waals surface area contributed by atoms with Crippen LogP contribution in [0.5, 0.6) is 0 Å². The van der Waals surface area contributed by atoms with E-state index in [2.05, 4.69) is 4.98 Å². The molecule has 1 aliphatic carbocycles. The molecule has 0 aromatic carbocycles. The van der Waals surface area contributed by atoms with Crippen LogP contribution in [0.4, 0.5) is 0 Å². The minimum Gasteiger partial charge on any atom is -0.395 e. The van der Waals surface area contributed by atoms with Crippen molar-refractivity contribution in [3.63, 3.8) is 0 Å². The predicted octanol–water partition coefficient (Wildman–Crippen LogP) is 0.917. The number of aliphatic hydroxyl groups excluding tert-OH is 1. The summed E-state index contributed by atoms with van der Waals surface area (Å²) in [6.07, 6.45) is 5.98. The van der Waals surface area contributed by atoms with Crippen LogP contribution in [0.3, 0.4) is 0 Å². The average molecular weight is 263 g/mol. The Morgan fingerprint density at radius 3 is 2.68 bits per heavy atom. The van der Waals surface area contributed by atoms with E-state index < -0.39 is 0 Å². The third-order valence-corrected chi connectivity index (χ3v) is 3.65. The van der Waals surface area contributed by atoms with Gasteiger partial charge < -0.3 is 15.7 Å². The smallest absolute Gasteiger partial charge is 0.272 e. The lowest BCUT2D eigenvalue weighted by Crippen LogP contribution is -2.41. The molecule has 0 radical (unpaired) electrons. The lowest BCUT2D eigenvalue weighted by atomic mass is 10.1. The number of carbonyl (C=O) groups excluding carboxylic acids is 1. The van der Waals surface area contributed by atoms with Crippen molar-refractivity contribution in [3.8, 4) is 0 Å². The zero-order chi connectivity index (χ0) is 13.7. The molecule has 0 unspecified atom stereocenters. The topological polar surface area (TPSA) is 79.5 Å². The Hall–Kier alpha value is -1.46. The van der Waals surface area contributed by atoms with E-state index in [1.807, 2.05) is 6.07 Å². The molecule has 0 spiro atoms. The van der Waals surface area contributed by atoms with E-state index >= 15 is 0 Å². The van der Waals surface area contributed by atoms with Gasteiger partial charge in [-0.3, -0.25) is 9.78 Å². The second-order valence-corrected chi connectivity index (χ2v) is 4.92. The minimum atomic E-state index is -0.0930.